The highest BCUT2D eigenvalue weighted by atomic mass is 31.2. The fourth-order valence-electron chi connectivity index (χ4n) is 0.879. The molecular weight excluding hydrogens is 193 g/mol. The maximum absolute atomic E-state index is 10.9. The highest BCUT2D eigenvalue weighted by Gasteiger charge is 2.32. The molecule has 0 aliphatic heterocycles. The minimum atomic E-state index is -4.26. The molecule has 1 rings (SSSR count). The summed E-state index contributed by atoms with van der Waals surface area (Å²) in [5, 5.41) is 10.1. The first kappa shape index (κ1) is 9.89. The van der Waals surface area contributed by atoms with E-state index in [1.54, 1.807) is 30.3 Å². The fourth-order valence-corrected chi connectivity index (χ4v) is 1.68. The van der Waals surface area contributed by atoms with Crippen molar-refractivity contribution in [2.24, 2.45) is 0 Å². The molecule has 70 valence electrons. The minimum Gasteiger partial charge on any atom is -0.291 e. The third kappa shape index (κ3) is 2.65. The van der Waals surface area contributed by atoms with Crippen molar-refractivity contribution in [3.8, 4) is 0 Å². The first-order valence-corrected chi connectivity index (χ1v) is 5.33. The Morgan fingerprint density at radius 2 is 1.92 bits per heavy atom. The predicted octanol–water partition coefficient (Wildman–Crippen LogP) is 1.65. The molecule has 0 amide bonds. The molecule has 0 saturated heterocycles. The predicted molar refractivity (Wildman–Crippen MR) is 47.0 cm³/mol. The van der Waals surface area contributed by atoms with Gasteiger partial charge < -0.3 is 0 Å². The molecule has 0 spiro atoms. The van der Waals surface area contributed by atoms with E-state index in [9.17, 15) is 14.7 Å². The van der Waals surface area contributed by atoms with Crippen molar-refractivity contribution in [1.29, 1.82) is 0 Å². The zero-order valence-electron chi connectivity index (χ0n) is 6.66. The second kappa shape index (κ2) is 3.68. The van der Waals surface area contributed by atoms with Gasteiger partial charge in [-0.1, -0.05) is 30.3 Å². The molecule has 1 unspecified atom stereocenters. The molecule has 0 radical (unpaired) electrons. The Morgan fingerprint density at radius 3 is 2.38 bits per heavy atom. The zero-order chi connectivity index (χ0) is 9.90. The summed E-state index contributed by atoms with van der Waals surface area (Å²) < 4.78 is 9.81. The standard InChI is InChI=1S/C7H8NO4P/c9-8(10)13(11,12)6-7-4-2-1-3-5-7/h1-5H,6H2,(H,11,12). The second-order valence-electron chi connectivity index (χ2n) is 2.55. The Hall–Kier alpha value is -1.19. The average Bonchev–Trinajstić information content (AvgIpc) is 2.05. The zero-order valence-corrected chi connectivity index (χ0v) is 7.55. The highest BCUT2D eigenvalue weighted by Crippen LogP contribution is 2.44. The van der Waals surface area contributed by atoms with Crippen LogP contribution in [0.25, 0.3) is 0 Å². The van der Waals surface area contributed by atoms with Crippen LogP contribution in [0.5, 0.6) is 0 Å². The van der Waals surface area contributed by atoms with E-state index in [0.717, 1.165) is 0 Å². The van der Waals surface area contributed by atoms with Crippen LogP contribution in [0.3, 0.4) is 0 Å². The highest BCUT2D eigenvalue weighted by molar-refractivity contribution is 7.50. The number of nitro groups is 1. The summed E-state index contributed by atoms with van der Waals surface area (Å²) in [5.74, 6) is 0. The van der Waals surface area contributed by atoms with Crippen molar-refractivity contribution >= 4 is 7.52 Å². The van der Waals surface area contributed by atoms with E-state index in [-0.39, 0.29) is 0 Å². The molecule has 0 aliphatic carbocycles. The molecule has 0 aromatic heterocycles. The Morgan fingerprint density at radius 1 is 1.38 bits per heavy atom. The molecule has 0 aliphatic rings. The third-order valence-corrected chi connectivity index (χ3v) is 2.77. The van der Waals surface area contributed by atoms with Crippen molar-refractivity contribution in [1.82, 2.24) is 0 Å². The van der Waals surface area contributed by atoms with Gasteiger partial charge in [0.1, 0.15) is 6.16 Å². The van der Waals surface area contributed by atoms with Gasteiger partial charge in [-0.05, 0) is 5.56 Å². The first-order valence-electron chi connectivity index (χ1n) is 3.53. The summed E-state index contributed by atoms with van der Waals surface area (Å²) in [7, 11) is -4.26. The van der Waals surface area contributed by atoms with Crippen molar-refractivity contribution < 1.29 is 14.2 Å². The van der Waals surface area contributed by atoms with Gasteiger partial charge in [0.15, 0.2) is 0 Å². The molecule has 5 nitrogen and oxygen atoms in total. The lowest BCUT2D eigenvalue weighted by Crippen LogP contribution is -1.98. The summed E-state index contributed by atoms with van der Waals surface area (Å²) >= 11 is 0. The van der Waals surface area contributed by atoms with Crippen molar-refractivity contribution in [2.45, 2.75) is 6.16 Å². The Labute approximate surface area is 74.7 Å². The number of benzene rings is 1. The Kier molecular flexibility index (Phi) is 2.80. The summed E-state index contributed by atoms with van der Waals surface area (Å²) in [6.07, 6.45) is -0.416. The smallest absolute Gasteiger partial charge is 0.291 e. The van der Waals surface area contributed by atoms with Gasteiger partial charge in [0.05, 0.1) is 4.69 Å². The van der Waals surface area contributed by atoms with Crippen LogP contribution in [0.2, 0.25) is 0 Å². The summed E-state index contributed by atoms with van der Waals surface area (Å²) in [6, 6.07) is 8.21. The molecule has 1 aromatic rings. The number of rotatable bonds is 3. The lowest BCUT2D eigenvalue weighted by Gasteiger charge is -2.01. The van der Waals surface area contributed by atoms with Crippen LogP contribution in [0, 0.1) is 10.1 Å². The van der Waals surface area contributed by atoms with Gasteiger partial charge in [-0.2, -0.15) is 0 Å². The van der Waals surface area contributed by atoms with E-state index in [1.165, 1.54) is 0 Å². The lowest BCUT2D eigenvalue weighted by molar-refractivity contribution is -0.327. The maximum Gasteiger partial charge on any atom is 0.510 e. The van der Waals surface area contributed by atoms with Crippen LogP contribution >= 0.6 is 7.52 Å². The molecule has 0 heterocycles. The monoisotopic (exact) mass is 201 g/mol. The molecule has 1 aromatic carbocycles. The summed E-state index contributed by atoms with van der Waals surface area (Å²) in [6.45, 7) is 0. The van der Waals surface area contributed by atoms with Gasteiger partial charge in [-0.15, -0.1) is 0 Å². The average molecular weight is 201 g/mol. The molecule has 1 atom stereocenters. The Balaban J connectivity index is 2.82. The molecule has 13 heavy (non-hydrogen) atoms. The molecule has 1 N–H and O–H groups in total. The van der Waals surface area contributed by atoms with E-state index >= 15 is 0 Å². The molecular formula is C7H8NO4P. The van der Waals surface area contributed by atoms with Crippen molar-refractivity contribution in [3.05, 3.63) is 46.0 Å². The van der Waals surface area contributed by atoms with E-state index in [4.69, 9.17) is 4.89 Å². The molecule has 6 heteroatoms. The van der Waals surface area contributed by atoms with Crippen molar-refractivity contribution in [2.75, 3.05) is 0 Å². The number of hydrogen-bond donors (Lipinski definition) is 1. The Bertz CT molecular complexity index is 351. The van der Waals surface area contributed by atoms with Crippen LogP contribution in [-0.2, 0) is 10.7 Å². The van der Waals surface area contributed by atoms with Gasteiger partial charge in [-0.25, -0.2) is 4.57 Å². The minimum absolute atomic E-state index is 0.416. The van der Waals surface area contributed by atoms with Crippen LogP contribution in [0.15, 0.2) is 30.3 Å². The molecule has 0 saturated carbocycles. The summed E-state index contributed by atoms with van der Waals surface area (Å²) in [5.41, 5.74) is 0.491. The SMILES string of the molecule is O=[N+]([O-])P(=O)(O)Cc1ccccc1. The van der Waals surface area contributed by atoms with E-state index in [1.807, 2.05) is 0 Å². The van der Waals surface area contributed by atoms with Crippen LogP contribution in [0.4, 0.5) is 0 Å². The quantitative estimate of drug-likeness (QED) is 0.458. The van der Waals surface area contributed by atoms with Gasteiger partial charge >= 0.3 is 7.52 Å². The molecule has 0 bridgehead atoms. The topological polar surface area (TPSA) is 80.4 Å². The third-order valence-electron chi connectivity index (χ3n) is 1.49. The molecule has 0 fully saturated rings. The lowest BCUT2D eigenvalue weighted by atomic mass is 10.2. The maximum atomic E-state index is 10.9. The fraction of sp³-hybridized carbons (Fsp3) is 0.143. The van der Waals surface area contributed by atoms with Crippen LogP contribution < -0.4 is 0 Å². The van der Waals surface area contributed by atoms with E-state index < -0.39 is 18.4 Å². The van der Waals surface area contributed by atoms with Crippen LogP contribution in [-0.4, -0.2) is 9.59 Å². The number of nitrogens with zero attached hydrogens (tertiary/aromatic N) is 1. The van der Waals surface area contributed by atoms with E-state index in [0.29, 0.717) is 5.56 Å². The largest absolute Gasteiger partial charge is 0.510 e. The van der Waals surface area contributed by atoms with Gasteiger partial charge in [-0.3, -0.25) is 15.0 Å². The van der Waals surface area contributed by atoms with Gasteiger partial charge in [0, 0.05) is 0 Å². The van der Waals surface area contributed by atoms with E-state index in [2.05, 4.69) is 0 Å². The normalized spacial score (nSPS) is 14.8. The van der Waals surface area contributed by atoms with Crippen LogP contribution in [0.1, 0.15) is 5.56 Å². The van der Waals surface area contributed by atoms with Gasteiger partial charge in [0.2, 0.25) is 0 Å². The number of hydrogen-bond acceptors (Lipinski definition) is 3. The second-order valence-corrected chi connectivity index (χ2v) is 4.52. The first-order chi connectivity index (χ1) is 6.02. The van der Waals surface area contributed by atoms with Gasteiger partial charge in [0.25, 0.3) is 0 Å². The summed E-state index contributed by atoms with van der Waals surface area (Å²) in [4.78, 5) is 19.0. The van der Waals surface area contributed by atoms with Crippen molar-refractivity contribution in [3.63, 3.8) is 0 Å².